The van der Waals surface area contributed by atoms with Crippen LogP contribution >= 0.6 is 11.3 Å². The maximum absolute atomic E-state index is 13.5. The van der Waals surface area contributed by atoms with Crippen molar-refractivity contribution < 1.29 is 28.2 Å². The number of rotatable bonds is 6. The van der Waals surface area contributed by atoms with E-state index in [-0.39, 0.29) is 24.1 Å². The Morgan fingerprint density at radius 3 is 2.14 bits per heavy atom. The third-order valence-electron chi connectivity index (χ3n) is 6.24. The van der Waals surface area contributed by atoms with Crippen LogP contribution in [0.15, 0.2) is 48.7 Å². The summed E-state index contributed by atoms with van der Waals surface area (Å²) < 4.78 is 24.4. The molecule has 42 heavy (non-hydrogen) atoms. The number of aromatic nitrogens is 1. The number of anilines is 2. The lowest BCUT2D eigenvalue weighted by atomic mass is 9.98. The van der Waals surface area contributed by atoms with Crippen molar-refractivity contribution in [2.24, 2.45) is 0 Å². The van der Waals surface area contributed by atoms with E-state index < -0.39 is 17.3 Å². The monoisotopic (exact) mass is 596 g/mol. The smallest absolute Gasteiger partial charge is 0.412 e. The molecule has 0 atom stereocenters. The fourth-order valence-electron chi connectivity index (χ4n) is 4.30. The molecule has 2 amide bonds. The topological polar surface area (TPSA) is 101 Å². The quantitative estimate of drug-likeness (QED) is 0.313. The summed E-state index contributed by atoms with van der Waals surface area (Å²) in [6, 6.07) is 11.4. The Kier molecular flexibility index (Phi) is 9.20. The molecule has 1 aliphatic rings. The Balaban J connectivity index is 1.48. The van der Waals surface area contributed by atoms with E-state index in [0.717, 1.165) is 11.1 Å². The number of thiazole rings is 1. The number of hydrogen-bond acceptors (Lipinski definition) is 8. The predicted octanol–water partition coefficient (Wildman–Crippen LogP) is 6.78. The number of Topliss-reactive ketones (excluding diaryl/α,β-unsaturated/α-hetero) is 1. The third kappa shape index (κ3) is 8.51. The first kappa shape index (κ1) is 31.0. The van der Waals surface area contributed by atoms with Gasteiger partial charge in [0.2, 0.25) is 0 Å². The van der Waals surface area contributed by atoms with E-state index in [2.05, 4.69) is 10.3 Å². The van der Waals surface area contributed by atoms with E-state index in [9.17, 15) is 18.8 Å². The van der Waals surface area contributed by atoms with Crippen LogP contribution in [0.4, 0.5) is 24.8 Å². The fourth-order valence-corrected chi connectivity index (χ4v) is 5.21. The average Bonchev–Trinajstić information content (AvgIpc) is 3.39. The van der Waals surface area contributed by atoms with Gasteiger partial charge < -0.3 is 19.3 Å². The Morgan fingerprint density at radius 1 is 0.905 bits per heavy atom. The Hall–Kier alpha value is -3.99. The van der Waals surface area contributed by atoms with Crippen molar-refractivity contribution in [1.82, 2.24) is 9.88 Å². The van der Waals surface area contributed by atoms with Crippen LogP contribution in [-0.2, 0) is 15.9 Å². The second-order valence-electron chi connectivity index (χ2n) is 12.1. The molecule has 9 nitrogen and oxygen atoms in total. The van der Waals surface area contributed by atoms with E-state index >= 15 is 0 Å². The number of ether oxygens (including phenoxy) is 2. The van der Waals surface area contributed by atoms with Crippen molar-refractivity contribution in [3.8, 4) is 11.1 Å². The zero-order valence-electron chi connectivity index (χ0n) is 24.8. The molecule has 1 aromatic heterocycles. The number of nitrogens with one attached hydrogen (secondary N) is 1. The van der Waals surface area contributed by atoms with Crippen molar-refractivity contribution in [1.29, 1.82) is 0 Å². The predicted molar refractivity (Wildman–Crippen MR) is 162 cm³/mol. The first-order valence-corrected chi connectivity index (χ1v) is 14.6. The van der Waals surface area contributed by atoms with Crippen LogP contribution in [0.1, 0.15) is 56.8 Å². The van der Waals surface area contributed by atoms with Gasteiger partial charge >= 0.3 is 12.2 Å². The summed E-state index contributed by atoms with van der Waals surface area (Å²) in [6.45, 7) is 13.0. The van der Waals surface area contributed by atoms with Gasteiger partial charge in [-0.05, 0) is 82.5 Å². The van der Waals surface area contributed by atoms with Gasteiger partial charge in [0.15, 0.2) is 10.9 Å². The van der Waals surface area contributed by atoms with Gasteiger partial charge in [-0.1, -0.05) is 29.5 Å². The van der Waals surface area contributed by atoms with Crippen LogP contribution in [0.25, 0.3) is 11.1 Å². The van der Waals surface area contributed by atoms with Gasteiger partial charge in [-0.25, -0.2) is 19.0 Å². The zero-order chi connectivity index (χ0) is 30.7. The second kappa shape index (κ2) is 12.5. The number of carbonyl (C=O) groups is 3. The molecule has 1 aliphatic heterocycles. The molecule has 2 heterocycles. The van der Waals surface area contributed by atoms with E-state index in [4.69, 9.17) is 9.47 Å². The van der Waals surface area contributed by atoms with E-state index in [1.165, 1.54) is 23.5 Å². The van der Waals surface area contributed by atoms with Crippen LogP contribution in [0.2, 0.25) is 0 Å². The van der Waals surface area contributed by atoms with Crippen LogP contribution in [0.3, 0.4) is 0 Å². The number of carbonyl (C=O) groups excluding carboxylic acids is 3. The Labute approximate surface area is 249 Å². The summed E-state index contributed by atoms with van der Waals surface area (Å²) in [5.41, 5.74) is 1.35. The molecule has 3 aromatic rings. The molecule has 0 aliphatic carbocycles. The largest absolute Gasteiger partial charge is 0.444 e. The first-order chi connectivity index (χ1) is 19.7. The number of nitrogens with zero attached hydrogens (tertiary/aromatic N) is 3. The highest BCUT2D eigenvalue weighted by Gasteiger charge is 2.27. The van der Waals surface area contributed by atoms with Crippen molar-refractivity contribution in [2.45, 2.75) is 59.2 Å². The fraction of sp³-hybridized carbons (Fsp3) is 0.419. The van der Waals surface area contributed by atoms with Crippen LogP contribution < -0.4 is 10.2 Å². The summed E-state index contributed by atoms with van der Waals surface area (Å²) in [4.78, 5) is 47.0. The molecular weight excluding hydrogens is 559 g/mol. The van der Waals surface area contributed by atoms with Gasteiger partial charge in [0.1, 0.15) is 17.0 Å². The molecule has 1 fully saturated rings. The van der Waals surface area contributed by atoms with Gasteiger partial charge in [0, 0.05) is 38.3 Å². The highest BCUT2D eigenvalue weighted by molar-refractivity contribution is 7.17. The van der Waals surface area contributed by atoms with E-state index in [1.54, 1.807) is 56.1 Å². The van der Waals surface area contributed by atoms with Crippen molar-refractivity contribution in [3.63, 3.8) is 0 Å². The SMILES string of the molecule is CC(C)(C)OC(=O)Nc1ccc(-c2ccc(F)cc2)cc1CC(=O)c1cnc(N2CCN(C(=O)OC(C)(C)C)CC2)s1. The van der Waals surface area contributed by atoms with Crippen LogP contribution in [0, 0.1) is 5.82 Å². The lowest BCUT2D eigenvalue weighted by molar-refractivity contribution is 0.0240. The number of amides is 2. The molecule has 224 valence electrons. The van der Waals surface area contributed by atoms with Crippen molar-refractivity contribution >= 4 is 40.1 Å². The molecule has 1 N–H and O–H groups in total. The number of hydrogen-bond donors (Lipinski definition) is 1. The number of benzene rings is 2. The minimum Gasteiger partial charge on any atom is -0.444 e. The molecule has 2 aromatic carbocycles. The maximum Gasteiger partial charge on any atom is 0.412 e. The zero-order valence-corrected chi connectivity index (χ0v) is 25.6. The summed E-state index contributed by atoms with van der Waals surface area (Å²) >= 11 is 1.29. The van der Waals surface area contributed by atoms with Gasteiger partial charge in [0.05, 0.1) is 11.1 Å². The van der Waals surface area contributed by atoms with Gasteiger partial charge in [-0.15, -0.1) is 0 Å². The van der Waals surface area contributed by atoms with Crippen LogP contribution in [0.5, 0.6) is 0 Å². The highest BCUT2D eigenvalue weighted by atomic mass is 32.1. The summed E-state index contributed by atoms with van der Waals surface area (Å²) in [5, 5.41) is 3.46. The van der Waals surface area contributed by atoms with E-state index in [0.29, 0.717) is 47.4 Å². The maximum atomic E-state index is 13.5. The highest BCUT2D eigenvalue weighted by Crippen LogP contribution is 2.30. The lowest BCUT2D eigenvalue weighted by Crippen LogP contribution is -2.50. The molecule has 0 bridgehead atoms. The van der Waals surface area contributed by atoms with Crippen molar-refractivity contribution in [3.05, 3.63) is 64.9 Å². The van der Waals surface area contributed by atoms with Crippen molar-refractivity contribution in [2.75, 3.05) is 36.4 Å². The molecule has 0 spiro atoms. The van der Waals surface area contributed by atoms with Gasteiger partial charge in [-0.2, -0.15) is 0 Å². The average molecular weight is 597 g/mol. The third-order valence-corrected chi connectivity index (χ3v) is 7.34. The number of ketones is 1. The van der Waals surface area contributed by atoms with Crippen LogP contribution in [-0.4, -0.2) is 65.2 Å². The molecule has 0 saturated carbocycles. The molecule has 0 unspecified atom stereocenters. The Morgan fingerprint density at radius 2 is 1.52 bits per heavy atom. The second-order valence-corrected chi connectivity index (χ2v) is 13.1. The molecule has 11 heteroatoms. The standard InChI is InChI=1S/C31H37FN4O5S/c1-30(2,3)40-28(38)34-24-12-9-21(20-7-10-23(32)11-8-20)17-22(24)18-25(37)26-19-33-27(42-26)35-13-15-36(16-14-35)29(39)41-31(4,5)6/h7-12,17,19H,13-16,18H2,1-6H3,(H,34,38). The molecule has 1 saturated heterocycles. The minimum atomic E-state index is -0.689. The van der Waals surface area contributed by atoms with Gasteiger partial charge in [-0.3, -0.25) is 10.1 Å². The normalized spacial score (nSPS) is 14.0. The van der Waals surface area contributed by atoms with E-state index in [1.807, 2.05) is 31.7 Å². The first-order valence-electron chi connectivity index (χ1n) is 13.8. The summed E-state index contributed by atoms with van der Waals surface area (Å²) in [7, 11) is 0. The number of piperazine rings is 1. The molecular formula is C31H37FN4O5S. The summed E-state index contributed by atoms with van der Waals surface area (Å²) in [6.07, 6.45) is 0.605. The summed E-state index contributed by atoms with van der Waals surface area (Å²) in [5.74, 6) is -0.501. The lowest BCUT2D eigenvalue weighted by Gasteiger charge is -2.35. The Bertz CT molecular complexity index is 1430. The van der Waals surface area contributed by atoms with Gasteiger partial charge in [0.25, 0.3) is 0 Å². The molecule has 4 rings (SSSR count). The number of halogens is 1. The molecule has 0 radical (unpaired) electrons. The minimum absolute atomic E-state index is 0.00816.